The van der Waals surface area contributed by atoms with Crippen molar-refractivity contribution >= 4 is 11.6 Å². The number of hydrogen-bond acceptors (Lipinski definition) is 5. The molecule has 3 rings (SSSR count). The van der Waals surface area contributed by atoms with Gasteiger partial charge in [0.25, 0.3) is 0 Å². The molecule has 2 aromatic rings. The number of aromatic nitrogens is 4. The van der Waals surface area contributed by atoms with Gasteiger partial charge in [-0.1, -0.05) is 16.8 Å². The van der Waals surface area contributed by atoms with Crippen LogP contribution in [-0.4, -0.2) is 45.8 Å². The van der Waals surface area contributed by atoms with Crippen LogP contribution in [0.3, 0.4) is 0 Å². The Morgan fingerprint density at radius 1 is 1.47 bits per heavy atom. The van der Waals surface area contributed by atoms with Crippen LogP contribution in [0.2, 0.25) is 5.15 Å². The third kappa shape index (κ3) is 3.09. The van der Waals surface area contributed by atoms with Crippen LogP contribution in [-0.2, 0) is 11.3 Å². The monoisotopic (exact) mass is 279 g/mol. The van der Waals surface area contributed by atoms with E-state index in [2.05, 4.69) is 20.6 Å². The molecule has 2 aromatic heterocycles. The molecule has 0 spiro atoms. The summed E-state index contributed by atoms with van der Waals surface area (Å²) in [5, 5.41) is 12.0. The highest BCUT2D eigenvalue weighted by Gasteiger charge is 2.15. The van der Waals surface area contributed by atoms with Gasteiger partial charge in [0.15, 0.2) is 0 Å². The Hall–Kier alpha value is -1.50. The molecule has 0 bridgehead atoms. The predicted octanol–water partition coefficient (Wildman–Crippen LogP) is 0.982. The van der Waals surface area contributed by atoms with Crippen molar-refractivity contribution in [3.05, 3.63) is 29.7 Å². The summed E-state index contributed by atoms with van der Waals surface area (Å²) in [4.78, 5) is 4.03. The molecule has 1 aliphatic heterocycles. The van der Waals surface area contributed by atoms with E-state index < -0.39 is 0 Å². The number of nitrogens with one attached hydrogen (secondary N) is 1. The molecule has 1 N–H and O–H groups in total. The number of morpholine rings is 1. The molecule has 0 aromatic carbocycles. The van der Waals surface area contributed by atoms with E-state index in [1.54, 1.807) is 16.9 Å². The summed E-state index contributed by atoms with van der Waals surface area (Å²) in [6.07, 6.45) is 3.73. The van der Waals surface area contributed by atoms with Gasteiger partial charge in [0.1, 0.15) is 10.8 Å². The first-order chi connectivity index (χ1) is 9.31. The molecule has 1 atom stereocenters. The maximum absolute atomic E-state index is 5.76. The first-order valence-corrected chi connectivity index (χ1v) is 6.53. The van der Waals surface area contributed by atoms with E-state index in [0.717, 1.165) is 31.0 Å². The Morgan fingerprint density at radius 2 is 2.42 bits per heavy atom. The average molecular weight is 280 g/mol. The number of rotatable bonds is 3. The van der Waals surface area contributed by atoms with Gasteiger partial charge in [-0.05, 0) is 12.1 Å². The summed E-state index contributed by atoms with van der Waals surface area (Å²) >= 11 is 5.76. The number of ether oxygens (including phenoxy) is 1. The molecule has 1 fully saturated rings. The Kier molecular flexibility index (Phi) is 3.72. The fraction of sp³-hybridized carbons (Fsp3) is 0.417. The van der Waals surface area contributed by atoms with Gasteiger partial charge in [-0.25, -0.2) is 9.67 Å². The standard InChI is InChI=1S/C12H14ClN5O/c13-12-2-1-9(5-15-12)11-8-18(17-16-11)7-10-6-14-3-4-19-10/h1-2,5,8,10,14H,3-4,6-7H2. The maximum Gasteiger partial charge on any atom is 0.129 e. The lowest BCUT2D eigenvalue weighted by Crippen LogP contribution is -2.40. The summed E-state index contributed by atoms with van der Waals surface area (Å²) in [6.45, 7) is 3.20. The Balaban J connectivity index is 1.70. The van der Waals surface area contributed by atoms with Crippen molar-refractivity contribution in [2.45, 2.75) is 12.6 Å². The highest BCUT2D eigenvalue weighted by Crippen LogP contribution is 2.16. The predicted molar refractivity (Wildman–Crippen MR) is 70.9 cm³/mol. The highest BCUT2D eigenvalue weighted by molar-refractivity contribution is 6.29. The molecule has 100 valence electrons. The first kappa shape index (κ1) is 12.5. The minimum Gasteiger partial charge on any atom is -0.374 e. The van der Waals surface area contributed by atoms with Crippen LogP contribution in [0.15, 0.2) is 24.5 Å². The van der Waals surface area contributed by atoms with Crippen LogP contribution in [0.4, 0.5) is 0 Å². The molecule has 19 heavy (non-hydrogen) atoms. The fourth-order valence-electron chi connectivity index (χ4n) is 1.99. The van der Waals surface area contributed by atoms with Crippen LogP contribution in [0.1, 0.15) is 0 Å². The average Bonchev–Trinajstić information content (AvgIpc) is 2.89. The third-order valence-corrected chi connectivity index (χ3v) is 3.18. The summed E-state index contributed by atoms with van der Waals surface area (Å²) in [5.74, 6) is 0. The molecule has 0 saturated carbocycles. The molecule has 1 unspecified atom stereocenters. The van der Waals surface area contributed by atoms with E-state index in [1.807, 2.05) is 12.3 Å². The van der Waals surface area contributed by atoms with Crippen molar-refractivity contribution in [2.75, 3.05) is 19.7 Å². The normalized spacial score (nSPS) is 19.5. The Morgan fingerprint density at radius 3 is 3.16 bits per heavy atom. The SMILES string of the molecule is Clc1ccc(-c2cn(CC3CNCCO3)nn2)cn1. The zero-order valence-corrected chi connectivity index (χ0v) is 11.0. The highest BCUT2D eigenvalue weighted by atomic mass is 35.5. The van der Waals surface area contributed by atoms with Gasteiger partial charge in [-0.2, -0.15) is 0 Å². The van der Waals surface area contributed by atoms with E-state index in [4.69, 9.17) is 16.3 Å². The molecule has 0 radical (unpaired) electrons. The topological polar surface area (TPSA) is 64.9 Å². The summed E-state index contributed by atoms with van der Waals surface area (Å²) in [6, 6.07) is 3.62. The molecular weight excluding hydrogens is 266 g/mol. The quantitative estimate of drug-likeness (QED) is 0.849. The summed E-state index contributed by atoms with van der Waals surface area (Å²) in [5.41, 5.74) is 1.69. The smallest absolute Gasteiger partial charge is 0.129 e. The van der Waals surface area contributed by atoms with Crippen molar-refractivity contribution in [1.29, 1.82) is 0 Å². The third-order valence-electron chi connectivity index (χ3n) is 2.96. The molecule has 1 aliphatic rings. The second-order valence-electron chi connectivity index (χ2n) is 4.39. The van der Waals surface area contributed by atoms with Gasteiger partial charge in [-0.3, -0.25) is 0 Å². The Labute approximate surface area is 115 Å². The van der Waals surface area contributed by atoms with Gasteiger partial charge in [0, 0.05) is 24.8 Å². The molecular formula is C12H14ClN5O. The van der Waals surface area contributed by atoms with Crippen molar-refractivity contribution in [2.24, 2.45) is 0 Å². The van der Waals surface area contributed by atoms with Gasteiger partial charge in [-0.15, -0.1) is 5.10 Å². The van der Waals surface area contributed by atoms with Gasteiger partial charge < -0.3 is 10.1 Å². The van der Waals surface area contributed by atoms with E-state index >= 15 is 0 Å². The first-order valence-electron chi connectivity index (χ1n) is 6.15. The largest absolute Gasteiger partial charge is 0.374 e. The van der Waals surface area contributed by atoms with Gasteiger partial charge in [0.05, 0.1) is 25.5 Å². The summed E-state index contributed by atoms with van der Waals surface area (Å²) in [7, 11) is 0. The van der Waals surface area contributed by atoms with E-state index in [1.165, 1.54) is 0 Å². The van der Waals surface area contributed by atoms with E-state index in [0.29, 0.717) is 11.7 Å². The number of halogens is 1. The zero-order chi connectivity index (χ0) is 13.1. The second-order valence-corrected chi connectivity index (χ2v) is 4.78. The maximum atomic E-state index is 5.76. The minimum atomic E-state index is 0.145. The lowest BCUT2D eigenvalue weighted by molar-refractivity contribution is 0.0158. The molecule has 0 aliphatic carbocycles. The van der Waals surface area contributed by atoms with Crippen LogP contribution in [0.25, 0.3) is 11.3 Å². The van der Waals surface area contributed by atoms with Crippen molar-refractivity contribution < 1.29 is 4.74 Å². The molecule has 1 saturated heterocycles. The van der Waals surface area contributed by atoms with Crippen LogP contribution < -0.4 is 5.32 Å². The van der Waals surface area contributed by atoms with E-state index in [9.17, 15) is 0 Å². The van der Waals surface area contributed by atoms with Crippen LogP contribution in [0.5, 0.6) is 0 Å². The lowest BCUT2D eigenvalue weighted by atomic mass is 10.2. The van der Waals surface area contributed by atoms with Crippen LogP contribution in [0, 0.1) is 0 Å². The number of pyridine rings is 1. The van der Waals surface area contributed by atoms with E-state index in [-0.39, 0.29) is 6.10 Å². The Bertz CT molecular complexity index is 535. The van der Waals surface area contributed by atoms with Crippen LogP contribution >= 0.6 is 11.6 Å². The minimum absolute atomic E-state index is 0.145. The van der Waals surface area contributed by atoms with Gasteiger partial charge in [0.2, 0.25) is 0 Å². The lowest BCUT2D eigenvalue weighted by Gasteiger charge is -2.23. The number of hydrogen-bond donors (Lipinski definition) is 1. The summed E-state index contributed by atoms with van der Waals surface area (Å²) < 4.78 is 7.42. The van der Waals surface area contributed by atoms with Crippen molar-refractivity contribution in [3.8, 4) is 11.3 Å². The fourth-order valence-corrected chi connectivity index (χ4v) is 2.10. The zero-order valence-electron chi connectivity index (χ0n) is 10.3. The number of nitrogens with zero attached hydrogens (tertiary/aromatic N) is 4. The molecule has 0 amide bonds. The van der Waals surface area contributed by atoms with Gasteiger partial charge >= 0.3 is 0 Å². The molecule has 6 nitrogen and oxygen atoms in total. The molecule has 3 heterocycles. The molecule has 7 heteroatoms. The van der Waals surface area contributed by atoms with Crippen molar-refractivity contribution in [3.63, 3.8) is 0 Å². The van der Waals surface area contributed by atoms with Crippen molar-refractivity contribution in [1.82, 2.24) is 25.3 Å². The second kappa shape index (κ2) is 5.64.